The van der Waals surface area contributed by atoms with Gasteiger partial charge in [0.1, 0.15) is 0 Å². The predicted octanol–water partition coefficient (Wildman–Crippen LogP) is 2.71. The fraction of sp³-hybridized carbons (Fsp3) is 0.923. The number of nitrogens with zero attached hydrogens (tertiary/aromatic N) is 1. The van der Waals surface area contributed by atoms with Gasteiger partial charge in [0.15, 0.2) is 0 Å². The third-order valence-electron chi connectivity index (χ3n) is 4.35. The van der Waals surface area contributed by atoms with Crippen molar-refractivity contribution in [1.82, 2.24) is 4.90 Å². The summed E-state index contributed by atoms with van der Waals surface area (Å²) in [6.45, 7) is 3.54. The van der Waals surface area contributed by atoms with Crippen molar-refractivity contribution < 1.29 is 0 Å². The fourth-order valence-corrected chi connectivity index (χ4v) is 3.86. The number of thiocarbonyl (C=S) groups is 1. The van der Waals surface area contributed by atoms with E-state index in [1.807, 2.05) is 0 Å². The zero-order valence-electron chi connectivity index (χ0n) is 10.3. The van der Waals surface area contributed by atoms with Gasteiger partial charge in [-0.15, -0.1) is 0 Å². The molecule has 2 rings (SSSR count). The van der Waals surface area contributed by atoms with Gasteiger partial charge >= 0.3 is 0 Å². The van der Waals surface area contributed by atoms with Crippen LogP contribution in [-0.4, -0.2) is 28.5 Å². The monoisotopic (exact) mass is 240 g/mol. The molecule has 1 heterocycles. The van der Waals surface area contributed by atoms with Crippen LogP contribution in [0.3, 0.4) is 0 Å². The van der Waals surface area contributed by atoms with Crippen LogP contribution < -0.4 is 5.73 Å². The summed E-state index contributed by atoms with van der Waals surface area (Å²) in [5.74, 6) is 0.955. The van der Waals surface area contributed by atoms with Crippen molar-refractivity contribution in [2.24, 2.45) is 11.7 Å². The van der Waals surface area contributed by atoms with E-state index >= 15 is 0 Å². The van der Waals surface area contributed by atoms with E-state index < -0.39 is 0 Å². The molecule has 2 fully saturated rings. The van der Waals surface area contributed by atoms with Gasteiger partial charge in [0.05, 0.1) is 4.99 Å². The third kappa shape index (κ3) is 2.75. The van der Waals surface area contributed by atoms with Crippen LogP contribution >= 0.6 is 12.2 Å². The Morgan fingerprint density at radius 3 is 2.75 bits per heavy atom. The summed E-state index contributed by atoms with van der Waals surface area (Å²) in [5, 5.41) is 0. The predicted molar refractivity (Wildman–Crippen MR) is 72.6 cm³/mol. The van der Waals surface area contributed by atoms with Crippen molar-refractivity contribution in [1.29, 1.82) is 0 Å². The molecule has 0 bridgehead atoms. The van der Waals surface area contributed by atoms with E-state index in [9.17, 15) is 0 Å². The Kier molecular flexibility index (Phi) is 4.20. The van der Waals surface area contributed by atoms with Crippen molar-refractivity contribution in [3.05, 3.63) is 0 Å². The normalized spacial score (nSPS) is 33.1. The molecule has 0 aromatic rings. The number of fused-ring (bicyclic) bond motifs is 1. The molecule has 0 radical (unpaired) electrons. The summed E-state index contributed by atoms with van der Waals surface area (Å²) >= 11 is 5.04. The first-order valence-corrected chi connectivity index (χ1v) is 7.13. The molecule has 2 aliphatic rings. The Hall–Kier alpha value is -0.150. The molecule has 1 saturated carbocycles. The second-order valence-electron chi connectivity index (χ2n) is 5.51. The molecule has 2 N–H and O–H groups in total. The van der Waals surface area contributed by atoms with Gasteiger partial charge in [-0.1, -0.05) is 25.1 Å². The standard InChI is InChI=1S/C13H24N2S/c1-10(9-13(14)16)15-8-4-6-11-5-2-3-7-12(11)15/h10-12H,2-9H2,1H3,(H2,14,16)/t10?,11-,12-/m1/s1. The molecule has 2 nitrogen and oxygen atoms in total. The molecule has 1 aliphatic carbocycles. The lowest BCUT2D eigenvalue weighted by atomic mass is 9.77. The highest BCUT2D eigenvalue weighted by Gasteiger charge is 2.35. The minimum absolute atomic E-state index is 0.545. The highest BCUT2D eigenvalue weighted by atomic mass is 32.1. The maximum absolute atomic E-state index is 5.67. The number of nitrogens with two attached hydrogens (primary N) is 1. The van der Waals surface area contributed by atoms with E-state index in [1.54, 1.807) is 0 Å². The second-order valence-corrected chi connectivity index (χ2v) is 6.04. The summed E-state index contributed by atoms with van der Waals surface area (Å²) in [6.07, 6.45) is 9.39. The Balaban J connectivity index is 1.98. The van der Waals surface area contributed by atoms with Crippen LogP contribution in [0.5, 0.6) is 0 Å². The van der Waals surface area contributed by atoms with Gasteiger partial charge in [-0.2, -0.15) is 0 Å². The van der Waals surface area contributed by atoms with Crippen LogP contribution in [-0.2, 0) is 0 Å². The molecule has 1 unspecified atom stereocenters. The van der Waals surface area contributed by atoms with Gasteiger partial charge in [-0.3, -0.25) is 4.90 Å². The van der Waals surface area contributed by atoms with Crippen molar-refractivity contribution in [2.45, 2.75) is 64.0 Å². The molecule has 0 aromatic heterocycles. The SMILES string of the molecule is CC(CC(N)=S)N1CCC[C@H]2CCCC[C@H]21. The zero-order chi connectivity index (χ0) is 11.5. The topological polar surface area (TPSA) is 29.3 Å². The molecule has 0 spiro atoms. The minimum atomic E-state index is 0.545. The van der Waals surface area contributed by atoms with Crippen molar-refractivity contribution in [3.63, 3.8) is 0 Å². The van der Waals surface area contributed by atoms with Gasteiger partial charge < -0.3 is 5.73 Å². The van der Waals surface area contributed by atoms with Crippen LogP contribution in [0, 0.1) is 5.92 Å². The van der Waals surface area contributed by atoms with E-state index in [1.165, 1.54) is 45.1 Å². The van der Waals surface area contributed by atoms with Crippen molar-refractivity contribution in [2.75, 3.05) is 6.54 Å². The van der Waals surface area contributed by atoms with E-state index in [0.29, 0.717) is 11.0 Å². The Bertz CT molecular complexity index is 252. The summed E-state index contributed by atoms with van der Waals surface area (Å²) in [4.78, 5) is 3.36. The molecular formula is C13H24N2S. The average Bonchev–Trinajstić information content (AvgIpc) is 2.27. The summed E-state index contributed by atoms with van der Waals surface area (Å²) < 4.78 is 0. The van der Waals surface area contributed by atoms with Gasteiger partial charge in [0.25, 0.3) is 0 Å². The van der Waals surface area contributed by atoms with E-state index in [0.717, 1.165) is 18.4 Å². The van der Waals surface area contributed by atoms with Gasteiger partial charge in [-0.25, -0.2) is 0 Å². The summed E-state index contributed by atoms with van der Waals surface area (Å²) in [7, 11) is 0. The maximum Gasteiger partial charge on any atom is 0.0742 e. The van der Waals surface area contributed by atoms with E-state index in [2.05, 4.69) is 11.8 Å². The summed E-state index contributed by atoms with van der Waals surface area (Å²) in [6, 6.07) is 1.37. The van der Waals surface area contributed by atoms with E-state index in [-0.39, 0.29) is 0 Å². The van der Waals surface area contributed by atoms with E-state index in [4.69, 9.17) is 18.0 Å². The van der Waals surface area contributed by atoms with Crippen LogP contribution in [0.2, 0.25) is 0 Å². The molecule has 3 atom stereocenters. The molecule has 0 amide bonds. The fourth-order valence-electron chi connectivity index (χ4n) is 3.62. The molecule has 0 aromatic carbocycles. The minimum Gasteiger partial charge on any atom is -0.393 e. The quantitative estimate of drug-likeness (QED) is 0.769. The summed E-state index contributed by atoms with van der Waals surface area (Å²) in [5.41, 5.74) is 5.67. The Morgan fingerprint density at radius 2 is 2.00 bits per heavy atom. The number of likely N-dealkylation sites (tertiary alicyclic amines) is 1. The van der Waals surface area contributed by atoms with Crippen molar-refractivity contribution >= 4 is 17.2 Å². The smallest absolute Gasteiger partial charge is 0.0742 e. The van der Waals surface area contributed by atoms with Crippen LogP contribution in [0.25, 0.3) is 0 Å². The molecule has 3 heteroatoms. The lowest BCUT2D eigenvalue weighted by Crippen LogP contribution is -2.51. The number of hydrogen-bond acceptors (Lipinski definition) is 2. The largest absolute Gasteiger partial charge is 0.393 e. The second kappa shape index (κ2) is 5.46. The Morgan fingerprint density at radius 1 is 1.31 bits per heavy atom. The highest BCUT2D eigenvalue weighted by Crippen LogP contribution is 2.36. The first-order chi connectivity index (χ1) is 7.68. The van der Waals surface area contributed by atoms with Crippen LogP contribution in [0.15, 0.2) is 0 Å². The number of piperidine rings is 1. The Labute approximate surface area is 105 Å². The zero-order valence-corrected chi connectivity index (χ0v) is 11.1. The number of hydrogen-bond donors (Lipinski definition) is 1. The molecule has 1 saturated heterocycles. The maximum atomic E-state index is 5.67. The highest BCUT2D eigenvalue weighted by molar-refractivity contribution is 7.80. The van der Waals surface area contributed by atoms with Gasteiger partial charge in [0, 0.05) is 18.5 Å². The number of rotatable bonds is 3. The molecule has 16 heavy (non-hydrogen) atoms. The molecular weight excluding hydrogens is 216 g/mol. The lowest BCUT2D eigenvalue weighted by molar-refractivity contribution is 0.0337. The lowest BCUT2D eigenvalue weighted by Gasteiger charge is -2.47. The van der Waals surface area contributed by atoms with Gasteiger partial charge in [-0.05, 0) is 45.1 Å². The van der Waals surface area contributed by atoms with Crippen LogP contribution in [0.1, 0.15) is 51.9 Å². The third-order valence-corrected chi connectivity index (χ3v) is 4.52. The average molecular weight is 240 g/mol. The first kappa shape index (κ1) is 12.3. The first-order valence-electron chi connectivity index (χ1n) is 6.72. The molecule has 92 valence electrons. The van der Waals surface area contributed by atoms with Crippen LogP contribution in [0.4, 0.5) is 0 Å². The van der Waals surface area contributed by atoms with Crippen molar-refractivity contribution in [3.8, 4) is 0 Å². The van der Waals surface area contributed by atoms with Gasteiger partial charge in [0.2, 0.25) is 0 Å². The molecule has 1 aliphatic heterocycles.